The van der Waals surface area contributed by atoms with E-state index in [1.54, 1.807) is 0 Å². The lowest BCUT2D eigenvalue weighted by Crippen LogP contribution is -2.35. The summed E-state index contributed by atoms with van der Waals surface area (Å²) in [6, 6.07) is 0. The van der Waals surface area contributed by atoms with Gasteiger partial charge in [0, 0.05) is 0 Å². The van der Waals surface area contributed by atoms with Gasteiger partial charge in [0.25, 0.3) is 0 Å². The van der Waals surface area contributed by atoms with E-state index < -0.39 is 12.3 Å². The Morgan fingerprint density at radius 3 is 1.00 bits per heavy atom. The van der Waals surface area contributed by atoms with Crippen LogP contribution in [0.3, 0.4) is 0 Å². The van der Waals surface area contributed by atoms with Gasteiger partial charge in [0.1, 0.15) is 0 Å². The van der Waals surface area contributed by atoms with Gasteiger partial charge < -0.3 is 5.11 Å². The van der Waals surface area contributed by atoms with Crippen molar-refractivity contribution >= 4 is 0 Å². The lowest BCUT2D eigenvalue weighted by atomic mass is 10.6. The Morgan fingerprint density at radius 2 is 1.00 bits per heavy atom. The number of hydrogen-bond acceptors (Lipinski definition) is 1. The number of hydrogen-bond donors (Lipinski definition) is 1. The van der Waals surface area contributed by atoms with Crippen LogP contribution in [-0.4, -0.2) is 17.4 Å². The molecular formula is C2HF5O. The molecule has 0 heterocycles. The van der Waals surface area contributed by atoms with Crippen LogP contribution in [0.4, 0.5) is 22.0 Å². The fraction of sp³-hybridized carbons (Fsp3) is 1.00. The highest BCUT2D eigenvalue weighted by Gasteiger charge is 2.56. The summed E-state index contributed by atoms with van der Waals surface area (Å²) in [6.07, 6.45) is -11.4. The molecule has 0 aromatic heterocycles. The maximum Gasteiger partial charge on any atom is 0.482 e. The Hall–Kier alpha value is -0.390. The molecule has 0 bridgehead atoms. The van der Waals surface area contributed by atoms with Gasteiger partial charge >= 0.3 is 12.3 Å². The lowest BCUT2D eigenvalue weighted by molar-refractivity contribution is -0.374. The summed E-state index contributed by atoms with van der Waals surface area (Å²) in [4.78, 5) is 0. The number of aliphatic hydroxyl groups is 1. The molecule has 0 amide bonds. The lowest BCUT2D eigenvalue weighted by Gasteiger charge is -2.10. The summed E-state index contributed by atoms with van der Waals surface area (Å²) in [7, 11) is 0. The van der Waals surface area contributed by atoms with E-state index in [9.17, 15) is 22.0 Å². The van der Waals surface area contributed by atoms with Crippen LogP contribution in [0.1, 0.15) is 0 Å². The van der Waals surface area contributed by atoms with Gasteiger partial charge in [0.2, 0.25) is 0 Å². The highest BCUT2D eigenvalue weighted by Crippen LogP contribution is 2.32. The van der Waals surface area contributed by atoms with Crippen molar-refractivity contribution in [2.75, 3.05) is 0 Å². The molecule has 1 nitrogen and oxygen atoms in total. The van der Waals surface area contributed by atoms with Gasteiger partial charge in [-0.1, -0.05) is 0 Å². The third-order valence-corrected chi connectivity index (χ3v) is 0.341. The molecule has 0 saturated carbocycles. The molecule has 50 valence electrons. The molecule has 0 aliphatic carbocycles. The minimum absolute atomic E-state index is 5.56. The van der Waals surface area contributed by atoms with Crippen LogP contribution in [0.2, 0.25) is 0 Å². The predicted molar refractivity (Wildman–Crippen MR) is 13.2 cm³/mol. The van der Waals surface area contributed by atoms with E-state index in [2.05, 4.69) is 0 Å². The molecule has 0 radical (unpaired) electrons. The molecule has 0 aromatic rings. The average molecular weight is 136 g/mol. The summed E-state index contributed by atoms with van der Waals surface area (Å²) >= 11 is 0. The van der Waals surface area contributed by atoms with Gasteiger partial charge in [-0.3, -0.25) is 0 Å². The molecule has 0 rings (SSSR count). The largest absolute Gasteiger partial charge is 0.482 e. The van der Waals surface area contributed by atoms with Gasteiger partial charge in [-0.15, -0.1) is 0 Å². The van der Waals surface area contributed by atoms with E-state index in [0.29, 0.717) is 0 Å². The molecule has 0 saturated heterocycles. The zero-order valence-corrected chi connectivity index (χ0v) is 3.34. The topological polar surface area (TPSA) is 20.2 Å². The van der Waals surface area contributed by atoms with Crippen molar-refractivity contribution in [3.05, 3.63) is 0 Å². The van der Waals surface area contributed by atoms with E-state index in [0.717, 1.165) is 0 Å². The molecule has 1 N–H and O–H groups in total. The van der Waals surface area contributed by atoms with E-state index in [4.69, 9.17) is 5.11 Å². The Balaban J connectivity index is 4.02. The first-order valence-electron chi connectivity index (χ1n) is 1.42. The molecule has 6 heteroatoms. The van der Waals surface area contributed by atoms with Crippen LogP contribution in [0, 0.1) is 0 Å². The molecule has 0 atom stereocenters. The van der Waals surface area contributed by atoms with Crippen molar-refractivity contribution < 1.29 is 27.1 Å². The molecule has 0 aromatic carbocycles. The van der Waals surface area contributed by atoms with E-state index >= 15 is 0 Å². The third-order valence-electron chi connectivity index (χ3n) is 0.341. The summed E-state index contributed by atoms with van der Waals surface area (Å²) < 4.78 is 53.0. The van der Waals surface area contributed by atoms with Crippen LogP contribution in [0.25, 0.3) is 0 Å². The molecule has 0 aliphatic rings. The molecular weight excluding hydrogens is 135 g/mol. The van der Waals surface area contributed by atoms with E-state index in [1.807, 2.05) is 0 Å². The van der Waals surface area contributed by atoms with E-state index in [1.165, 1.54) is 0 Å². The second kappa shape index (κ2) is 1.54. The van der Waals surface area contributed by atoms with Crippen LogP contribution in [-0.2, 0) is 0 Å². The first kappa shape index (κ1) is 7.61. The van der Waals surface area contributed by atoms with Crippen molar-refractivity contribution in [1.29, 1.82) is 0 Å². The van der Waals surface area contributed by atoms with E-state index in [-0.39, 0.29) is 0 Å². The standard InChI is InChI=1S/C2HF5O/c3-1(4,5)2(6,7)8/h8H. The fourth-order valence-corrected chi connectivity index (χ4v) is 0. The van der Waals surface area contributed by atoms with Crippen LogP contribution >= 0.6 is 0 Å². The highest BCUT2D eigenvalue weighted by atomic mass is 19.4. The highest BCUT2D eigenvalue weighted by molar-refractivity contribution is 4.59. The third kappa shape index (κ3) is 1.61. The van der Waals surface area contributed by atoms with Crippen molar-refractivity contribution in [2.24, 2.45) is 0 Å². The first-order chi connectivity index (χ1) is 3.25. The average Bonchev–Trinajstić information content (AvgIpc) is 1.25. The van der Waals surface area contributed by atoms with Gasteiger partial charge in [-0.25, -0.2) is 0 Å². The molecule has 8 heavy (non-hydrogen) atoms. The Labute approximate surface area is 40.7 Å². The van der Waals surface area contributed by atoms with Gasteiger partial charge in [0.05, 0.1) is 0 Å². The maximum absolute atomic E-state index is 10.7. The summed E-state index contributed by atoms with van der Waals surface area (Å²) in [6.45, 7) is 0. The molecule has 0 spiro atoms. The second-order valence-electron chi connectivity index (χ2n) is 1.04. The monoisotopic (exact) mass is 136 g/mol. The normalized spacial score (nSPS) is 14.2. The Bertz CT molecular complexity index is 65.4. The quantitative estimate of drug-likeness (QED) is 0.495. The number of halogens is 5. The second-order valence-corrected chi connectivity index (χ2v) is 1.04. The number of rotatable bonds is 0. The molecule has 0 aliphatic heterocycles. The SMILES string of the molecule is OC(F)(F)C(F)(F)F. The minimum atomic E-state index is -5.84. The zero-order chi connectivity index (χ0) is 7.00. The van der Waals surface area contributed by atoms with Crippen LogP contribution in [0.15, 0.2) is 0 Å². The zero-order valence-electron chi connectivity index (χ0n) is 3.34. The summed E-state index contributed by atoms with van der Waals surface area (Å²) in [5.74, 6) is 0. The first-order valence-corrected chi connectivity index (χ1v) is 1.42. The van der Waals surface area contributed by atoms with Crippen molar-refractivity contribution in [1.82, 2.24) is 0 Å². The van der Waals surface area contributed by atoms with Gasteiger partial charge in [-0.2, -0.15) is 22.0 Å². The predicted octanol–water partition coefficient (Wildman–Crippen LogP) is 1.13. The Kier molecular flexibility index (Phi) is 1.47. The maximum atomic E-state index is 10.7. The smallest absolute Gasteiger partial charge is 0.329 e. The Morgan fingerprint density at radius 1 is 0.875 bits per heavy atom. The van der Waals surface area contributed by atoms with Crippen LogP contribution < -0.4 is 0 Å². The van der Waals surface area contributed by atoms with Crippen molar-refractivity contribution in [3.63, 3.8) is 0 Å². The van der Waals surface area contributed by atoms with Gasteiger partial charge in [0.15, 0.2) is 0 Å². The minimum Gasteiger partial charge on any atom is -0.329 e. The summed E-state index contributed by atoms with van der Waals surface area (Å²) in [5.41, 5.74) is 0. The van der Waals surface area contributed by atoms with Crippen molar-refractivity contribution in [2.45, 2.75) is 12.3 Å². The molecule has 0 unspecified atom stereocenters. The van der Waals surface area contributed by atoms with Crippen molar-refractivity contribution in [3.8, 4) is 0 Å². The summed E-state index contributed by atoms with van der Waals surface area (Å²) in [5, 5.41) is 6.90. The van der Waals surface area contributed by atoms with Crippen LogP contribution in [0.5, 0.6) is 0 Å². The van der Waals surface area contributed by atoms with Gasteiger partial charge in [-0.05, 0) is 0 Å². The molecule has 0 fully saturated rings. The number of alkyl halides is 5. The fourth-order valence-electron chi connectivity index (χ4n) is 0.